The molecule has 34 heteroatoms. The number of hydrogen-bond acceptors (Lipinski definition) is 24. The second-order valence-electron chi connectivity index (χ2n) is 30.2. The fourth-order valence-electron chi connectivity index (χ4n) is 14.4. The molecular formula is C80H90IN21O11S. The van der Waals surface area contributed by atoms with Crippen molar-refractivity contribution in [1.29, 1.82) is 15.8 Å². The van der Waals surface area contributed by atoms with Gasteiger partial charge in [-0.15, -0.1) is 24.0 Å². The number of nitrogens with zero attached hydrogens (tertiary/aromatic N) is 17. The van der Waals surface area contributed by atoms with Crippen molar-refractivity contribution in [2.75, 3.05) is 96.2 Å². The average molecular weight is 1680 g/mol. The number of carbonyl (C=O) groups excluding carboxylic acids is 5. The molecule has 32 nitrogen and oxygen atoms in total. The Bertz CT molecular complexity index is 5460. The summed E-state index contributed by atoms with van der Waals surface area (Å²) < 4.78 is 27.2. The first kappa shape index (κ1) is 83.1. The minimum absolute atomic E-state index is 0. The molecule has 594 valence electrons. The second-order valence-corrected chi connectivity index (χ2v) is 31.5. The van der Waals surface area contributed by atoms with Crippen LogP contribution >= 0.6 is 24.0 Å². The number of halogens is 1. The summed E-state index contributed by atoms with van der Waals surface area (Å²) in [7, 11) is -1.31. The summed E-state index contributed by atoms with van der Waals surface area (Å²) in [4.78, 5) is 134. The molecule has 0 radical (unpaired) electrons. The fourth-order valence-corrected chi connectivity index (χ4v) is 14.9. The number of nitriles is 3. The van der Waals surface area contributed by atoms with Crippen molar-refractivity contribution >= 4 is 144 Å². The second kappa shape index (κ2) is 36.3. The first-order valence-corrected chi connectivity index (χ1v) is 39.2. The first-order valence-electron chi connectivity index (χ1n) is 37.6. The molecule has 0 spiro atoms. The molecule has 1 atom stereocenters. The number of benzene rings is 3. The van der Waals surface area contributed by atoms with Crippen LogP contribution in [-0.4, -0.2) is 164 Å². The van der Waals surface area contributed by atoms with E-state index in [0.29, 0.717) is 101 Å². The van der Waals surface area contributed by atoms with Crippen LogP contribution in [0.2, 0.25) is 0 Å². The van der Waals surface area contributed by atoms with Gasteiger partial charge >= 0.3 is 12.2 Å². The van der Waals surface area contributed by atoms with Gasteiger partial charge in [0.15, 0.2) is 0 Å². The molecule has 3 aromatic carbocycles. The van der Waals surface area contributed by atoms with E-state index in [1.54, 1.807) is 119 Å². The molecule has 114 heavy (non-hydrogen) atoms. The lowest BCUT2D eigenvalue weighted by molar-refractivity contribution is -0.121. The van der Waals surface area contributed by atoms with Crippen molar-refractivity contribution in [3.63, 3.8) is 0 Å². The van der Waals surface area contributed by atoms with Crippen LogP contribution in [-0.2, 0) is 34.7 Å². The fraction of sp³-hybridized carbons (Fsp3) is 0.412. The van der Waals surface area contributed by atoms with Crippen molar-refractivity contribution in [2.24, 2.45) is 0 Å². The Morgan fingerprint density at radius 3 is 1.18 bits per heavy atom. The zero-order chi connectivity index (χ0) is 80.4. The van der Waals surface area contributed by atoms with Gasteiger partial charge in [-0.1, -0.05) is 38.5 Å². The molecule has 5 amide bonds. The van der Waals surface area contributed by atoms with E-state index >= 15 is 0 Å². The highest BCUT2D eigenvalue weighted by Gasteiger charge is 2.34. The van der Waals surface area contributed by atoms with Crippen LogP contribution in [0.15, 0.2) is 129 Å². The number of rotatable bonds is 11. The number of anilines is 8. The summed E-state index contributed by atoms with van der Waals surface area (Å²) in [6.07, 6.45) is 17.0. The Kier molecular flexibility index (Phi) is 26.5. The van der Waals surface area contributed by atoms with Crippen LogP contribution in [0.3, 0.4) is 0 Å². The predicted molar refractivity (Wildman–Crippen MR) is 442 cm³/mol. The molecule has 9 heterocycles. The summed E-state index contributed by atoms with van der Waals surface area (Å²) in [5.74, 6) is 0.438. The molecule has 1 unspecified atom stereocenters. The molecular weight excluding hydrogens is 1590 g/mol. The van der Waals surface area contributed by atoms with Crippen LogP contribution < -0.4 is 53.1 Å². The molecule has 3 aliphatic carbocycles. The molecule has 15 rings (SSSR count). The predicted octanol–water partition coefficient (Wildman–Crippen LogP) is 10.5. The number of nitrogens with two attached hydrogens (primary N) is 1. The molecule has 3 aliphatic heterocycles. The summed E-state index contributed by atoms with van der Waals surface area (Å²) in [5.41, 5.74) is 9.86. The van der Waals surface area contributed by atoms with E-state index in [4.69, 9.17) is 20.5 Å². The van der Waals surface area contributed by atoms with Gasteiger partial charge in [0.05, 0.1) is 17.3 Å². The van der Waals surface area contributed by atoms with Gasteiger partial charge in [-0.3, -0.25) is 56.5 Å². The third kappa shape index (κ3) is 19.8. The van der Waals surface area contributed by atoms with Gasteiger partial charge < -0.3 is 45.9 Å². The summed E-state index contributed by atoms with van der Waals surface area (Å²) in [6.45, 7) is 14.2. The quantitative estimate of drug-likeness (QED) is 0.0531. The number of nitrogen functional groups attached to an aromatic ring is 1. The Labute approximate surface area is 676 Å². The molecule has 6 aromatic heterocycles. The van der Waals surface area contributed by atoms with Crippen LogP contribution in [0, 0.1) is 34.0 Å². The van der Waals surface area contributed by atoms with Gasteiger partial charge in [0.2, 0.25) is 34.8 Å². The van der Waals surface area contributed by atoms with E-state index in [-0.39, 0.29) is 111 Å². The lowest BCUT2D eigenvalue weighted by Gasteiger charge is -2.35. The van der Waals surface area contributed by atoms with E-state index in [2.05, 4.69) is 45.9 Å². The van der Waals surface area contributed by atoms with Gasteiger partial charge in [0.25, 0.3) is 16.7 Å². The number of amides is 5. The van der Waals surface area contributed by atoms with Crippen LogP contribution in [0.4, 0.5) is 55.6 Å². The Hall–Kier alpha value is -11.8. The Morgan fingerprint density at radius 1 is 0.500 bits per heavy atom. The number of nitrogens with one attached hydrogen (secondary N) is 3. The largest absolute Gasteiger partial charge is 0.444 e. The minimum atomic E-state index is -1.31. The van der Waals surface area contributed by atoms with Gasteiger partial charge in [-0.25, -0.2) is 29.5 Å². The maximum absolute atomic E-state index is 13.0. The molecule has 5 N–H and O–H groups in total. The van der Waals surface area contributed by atoms with Crippen molar-refractivity contribution in [1.82, 2.24) is 58.7 Å². The van der Waals surface area contributed by atoms with E-state index in [1.807, 2.05) is 66.7 Å². The Balaban J connectivity index is 0.000000155. The number of hydrogen-bond donors (Lipinski definition) is 4. The lowest BCUT2D eigenvalue weighted by atomic mass is 10.2. The Morgan fingerprint density at radius 2 is 0.842 bits per heavy atom. The van der Waals surface area contributed by atoms with Gasteiger partial charge in [-0.2, -0.15) is 25.8 Å². The third-order valence-corrected chi connectivity index (χ3v) is 20.6. The maximum Gasteiger partial charge on any atom is 0.410 e. The van der Waals surface area contributed by atoms with Crippen molar-refractivity contribution in [3.8, 4) is 18.2 Å². The molecule has 9 aromatic rings. The highest BCUT2D eigenvalue weighted by molar-refractivity contribution is 14.0. The lowest BCUT2D eigenvalue weighted by Crippen LogP contribution is -2.53. The van der Waals surface area contributed by atoms with Gasteiger partial charge in [0, 0.05) is 133 Å². The van der Waals surface area contributed by atoms with Gasteiger partial charge in [0.1, 0.15) is 76.1 Å². The van der Waals surface area contributed by atoms with Crippen molar-refractivity contribution in [2.45, 2.75) is 153 Å². The number of fused-ring (bicyclic) bond motifs is 3. The SMILES string of the molecule is CC(C)(C)OC(=O)N1CCN(c2ccc(N)cc2)C(=O)C1.CC(C)(C)OC(=O)N1CCN(c2ccc(Nc3ncc4cc(C#N)c(=O)n(C5CCCC5)c4n3)cc2)C(=O)C1.CS(=O)c1ncc2cc(C#N)c(=O)n(C3CCCC3)c2n1.I.N#Cc1cc2cnc(Nc3ccc(N4CCNCC4=O)cc3)nc2n(C2CCCC2)c1=O. The van der Waals surface area contributed by atoms with Crippen molar-refractivity contribution < 1.29 is 37.7 Å². The highest BCUT2D eigenvalue weighted by atomic mass is 127. The maximum atomic E-state index is 13.0. The third-order valence-electron chi connectivity index (χ3n) is 19.9. The van der Waals surface area contributed by atoms with Gasteiger partial charge in [-0.05, 0) is 171 Å². The van der Waals surface area contributed by atoms with E-state index in [0.717, 1.165) is 101 Å². The monoisotopic (exact) mass is 1680 g/mol. The molecule has 6 aliphatic rings. The number of ether oxygens (including phenoxy) is 2. The summed E-state index contributed by atoms with van der Waals surface area (Å²) >= 11 is 0. The number of piperazine rings is 3. The van der Waals surface area contributed by atoms with Crippen molar-refractivity contribution in [3.05, 3.63) is 157 Å². The standard InChI is InChI=1S/C28H31N7O4.C23H23N7O2.C15H21N3O3.C14H14N4O2S.HI/c1-28(2,3)39-27(38)33-12-13-34(23(36)17-33)21-10-8-20(9-11-21)31-26-30-16-19-14-18(15-29)25(37)35(24(19)32-26)22-6-4-5-7-22;24-12-15-11-16-13-26-23(28-21(16)30(22(15)32)19-3-1-2-4-19)27-17-5-7-18(8-6-17)29-10-9-25-14-20(29)31;1-15(2,3)21-14(20)17-8-9-18(13(19)10-17)12-6-4-11(16)5-7-12;1-21(20)14-16-8-10-6-9(7-15)13(19)18(12(10)17-14)11-4-2-3-5-11;/h8-11,14,16,22H,4-7,12-13,17H2,1-3H3,(H,30,31,32);5-8,11,13,19,25H,1-4,9-10,14H2,(H,26,27,28);4-7H,8-10,16H2,1-3H3;6,8,11H,2-5H2,1H3;1H. The number of carbonyl (C=O) groups is 5. The van der Waals surface area contributed by atoms with Crippen LogP contribution in [0.25, 0.3) is 33.1 Å². The average Bonchev–Trinajstić information content (AvgIpc) is 1.27. The molecule has 6 fully saturated rings. The molecule has 3 saturated heterocycles. The van der Waals surface area contributed by atoms with E-state index < -0.39 is 34.2 Å². The number of aromatic nitrogens is 9. The van der Waals surface area contributed by atoms with E-state index in [9.17, 15) is 53.1 Å². The summed E-state index contributed by atoms with van der Waals surface area (Å²) in [6, 6.07) is 32.6. The molecule has 3 saturated carbocycles. The zero-order valence-electron chi connectivity index (χ0n) is 64.5. The zero-order valence-corrected chi connectivity index (χ0v) is 67.6. The smallest absolute Gasteiger partial charge is 0.410 e. The summed E-state index contributed by atoms with van der Waals surface area (Å²) in [5, 5.41) is 39.5. The highest BCUT2D eigenvalue weighted by Crippen LogP contribution is 2.35. The molecule has 0 bridgehead atoms. The first-order chi connectivity index (χ1) is 54.1. The number of pyridine rings is 3. The van der Waals surface area contributed by atoms with Crippen LogP contribution in [0.5, 0.6) is 0 Å². The van der Waals surface area contributed by atoms with Crippen LogP contribution in [0.1, 0.15) is 153 Å². The minimum Gasteiger partial charge on any atom is -0.444 e. The normalized spacial score (nSPS) is 16.5. The topological polar surface area (TPSA) is 414 Å². The van der Waals surface area contributed by atoms with E-state index in [1.165, 1.54) is 28.3 Å².